The Morgan fingerprint density at radius 2 is 2.00 bits per heavy atom. The standard InChI is InChI=1S/C18H29N3O/c1-18(2,21(3)4)13-20-17(22)19-12-15-10-7-9-14-8-5-6-11-16(14)15/h5-6,8,11,15H,7,9-10,12-13H2,1-4H3,(H2,19,20,22). The van der Waals surface area contributed by atoms with E-state index in [2.05, 4.69) is 53.6 Å². The Labute approximate surface area is 134 Å². The molecule has 122 valence electrons. The summed E-state index contributed by atoms with van der Waals surface area (Å²) in [5.41, 5.74) is 2.80. The molecule has 0 saturated heterocycles. The Kier molecular flexibility index (Phi) is 5.46. The minimum Gasteiger partial charge on any atom is -0.338 e. The Hall–Kier alpha value is -1.55. The predicted octanol–water partition coefficient (Wildman–Crippen LogP) is 2.75. The van der Waals surface area contributed by atoms with Gasteiger partial charge in [0, 0.05) is 24.5 Å². The third-order valence-electron chi connectivity index (χ3n) is 4.89. The molecule has 4 heteroatoms. The number of amides is 2. The summed E-state index contributed by atoms with van der Waals surface area (Å²) >= 11 is 0. The molecule has 0 saturated carbocycles. The number of fused-ring (bicyclic) bond motifs is 1. The van der Waals surface area contributed by atoms with E-state index in [1.54, 1.807) is 0 Å². The number of urea groups is 1. The third kappa shape index (κ3) is 4.23. The first-order chi connectivity index (χ1) is 10.4. The molecule has 0 bridgehead atoms. The molecule has 1 aromatic carbocycles. The van der Waals surface area contributed by atoms with E-state index in [0.29, 0.717) is 19.0 Å². The lowest BCUT2D eigenvalue weighted by Crippen LogP contribution is -2.50. The number of carbonyl (C=O) groups is 1. The highest BCUT2D eigenvalue weighted by molar-refractivity contribution is 5.74. The van der Waals surface area contributed by atoms with Gasteiger partial charge in [0.25, 0.3) is 0 Å². The second kappa shape index (κ2) is 7.14. The zero-order chi connectivity index (χ0) is 16.2. The van der Waals surface area contributed by atoms with E-state index in [9.17, 15) is 4.79 Å². The topological polar surface area (TPSA) is 44.4 Å². The monoisotopic (exact) mass is 303 g/mol. The van der Waals surface area contributed by atoms with E-state index in [0.717, 1.165) is 12.8 Å². The number of carbonyl (C=O) groups excluding carboxylic acids is 1. The van der Waals surface area contributed by atoms with Crippen LogP contribution in [0.5, 0.6) is 0 Å². The second-order valence-electron chi connectivity index (χ2n) is 7.06. The van der Waals surface area contributed by atoms with Gasteiger partial charge in [0.05, 0.1) is 0 Å². The van der Waals surface area contributed by atoms with Crippen LogP contribution in [-0.4, -0.2) is 43.7 Å². The summed E-state index contributed by atoms with van der Waals surface area (Å²) < 4.78 is 0. The van der Waals surface area contributed by atoms with Gasteiger partial charge in [-0.05, 0) is 58.3 Å². The second-order valence-corrected chi connectivity index (χ2v) is 7.06. The lowest BCUT2D eigenvalue weighted by molar-refractivity contribution is 0.186. The number of aryl methyl sites for hydroxylation is 1. The molecule has 1 unspecified atom stereocenters. The highest BCUT2D eigenvalue weighted by Gasteiger charge is 2.22. The van der Waals surface area contributed by atoms with Crippen molar-refractivity contribution in [2.75, 3.05) is 27.2 Å². The molecule has 0 heterocycles. The van der Waals surface area contributed by atoms with Crippen molar-refractivity contribution < 1.29 is 4.79 Å². The molecule has 1 aliphatic rings. The summed E-state index contributed by atoms with van der Waals surface area (Å²) in [6.45, 7) is 5.58. The van der Waals surface area contributed by atoms with E-state index in [-0.39, 0.29) is 11.6 Å². The zero-order valence-corrected chi connectivity index (χ0v) is 14.3. The van der Waals surface area contributed by atoms with Crippen molar-refractivity contribution in [3.05, 3.63) is 35.4 Å². The lowest BCUT2D eigenvalue weighted by atomic mass is 9.83. The fourth-order valence-corrected chi connectivity index (χ4v) is 2.80. The maximum absolute atomic E-state index is 12.0. The van der Waals surface area contributed by atoms with Gasteiger partial charge in [0.15, 0.2) is 0 Å². The van der Waals surface area contributed by atoms with Crippen LogP contribution in [-0.2, 0) is 6.42 Å². The molecule has 0 aromatic heterocycles. The van der Waals surface area contributed by atoms with E-state index in [1.165, 1.54) is 17.5 Å². The normalized spacial score (nSPS) is 18.0. The molecule has 1 aromatic rings. The predicted molar refractivity (Wildman–Crippen MR) is 91.3 cm³/mol. The lowest BCUT2D eigenvalue weighted by Gasteiger charge is -2.32. The van der Waals surface area contributed by atoms with Crippen LogP contribution in [0.3, 0.4) is 0 Å². The van der Waals surface area contributed by atoms with Crippen LogP contribution in [0.25, 0.3) is 0 Å². The maximum Gasteiger partial charge on any atom is 0.314 e. The van der Waals surface area contributed by atoms with Crippen molar-refractivity contribution in [2.24, 2.45) is 0 Å². The molecule has 1 atom stereocenters. The van der Waals surface area contributed by atoms with Crippen LogP contribution in [0.2, 0.25) is 0 Å². The first-order valence-electron chi connectivity index (χ1n) is 8.17. The molecular formula is C18H29N3O. The largest absolute Gasteiger partial charge is 0.338 e. The Bertz CT molecular complexity index is 511. The van der Waals surface area contributed by atoms with Crippen LogP contribution in [0.4, 0.5) is 4.79 Å². The molecule has 4 nitrogen and oxygen atoms in total. The van der Waals surface area contributed by atoms with Crippen molar-refractivity contribution in [2.45, 2.75) is 44.6 Å². The van der Waals surface area contributed by atoms with Gasteiger partial charge in [-0.15, -0.1) is 0 Å². The van der Waals surface area contributed by atoms with Crippen LogP contribution in [0, 0.1) is 0 Å². The smallest absolute Gasteiger partial charge is 0.314 e. The summed E-state index contributed by atoms with van der Waals surface area (Å²) in [6.07, 6.45) is 3.52. The molecular weight excluding hydrogens is 274 g/mol. The van der Waals surface area contributed by atoms with E-state index in [1.807, 2.05) is 14.1 Å². The number of likely N-dealkylation sites (N-methyl/N-ethyl adjacent to an activating group) is 1. The van der Waals surface area contributed by atoms with Crippen LogP contribution in [0.15, 0.2) is 24.3 Å². The van der Waals surface area contributed by atoms with Crippen molar-refractivity contribution >= 4 is 6.03 Å². The van der Waals surface area contributed by atoms with Gasteiger partial charge in [-0.1, -0.05) is 24.3 Å². The van der Waals surface area contributed by atoms with Crippen LogP contribution in [0.1, 0.15) is 43.7 Å². The third-order valence-corrected chi connectivity index (χ3v) is 4.89. The number of nitrogens with zero attached hydrogens (tertiary/aromatic N) is 1. The molecule has 0 radical (unpaired) electrons. The average Bonchev–Trinajstić information content (AvgIpc) is 2.50. The maximum atomic E-state index is 12.0. The number of benzene rings is 1. The Morgan fingerprint density at radius 3 is 2.73 bits per heavy atom. The van der Waals surface area contributed by atoms with Crippen molar-refractivity contribution in [3.8, 4) is 0 Å². The SMILES string of the molecule is CN(C)C(C)(C)CNC(=O)NCC1CCCc2ccccc21. The minimum atomic E-state index is -0.0713. The molecule has 0 fully saturated rings. The number of hydrogen-bond acceptors (Lipinski definition) is 2. The van der Waals surface area contributed by atoms with Crippen LogP contribution >= 0.6 is 0 Å². The first-order valence-corrected chi connectivity index (χ1v) is 8.17. The van der Waals surface area contributed by atoms with Crippen molar-refractivity contribution in [1.82, 2.24) is 15.5 Å². The van der Waals surface area contributed by atoms with Gasteiger partial charge in [-0.2, -0.15) is 0 Å². The number of nitrogens with one attached hydrogen (secondary N) is 2. The molecule has 22 heavy (non-hydrogen) atoms. The summed E-state index contributed by atoms with van der Waals surface area (Å²) in [6, 6.07) is 8.54. The highest BCUT2D eigenvalue weighted by Crippen LogP contribution is 2.30. The van der Waals surface area contributed by atoms with E-state index in [4.69, 9.17) is 0 Å². The van der Waals surface area contributed by atoms with E-state index < -0.39 is 0 Å². The first kappa shape index (κ1) is 16.8. The molecule has 2 N–H and O–H groups in total. The van der Waals surface area contributed by atoms with Gasteiger partial charge < -0.3 is 15.5 Å². The number of hydrogen-bond donors (Lipinski definition) is 2. The summed E-state index contributed by atoms with van der Waals surface area (Å²) in [5, 5.41) is 6.01. The van der Waals surface area contributed by atoms with E-state index >= 15 is 0 Å². The molecule has 2 amide bonds. The Balaban J connectivity index is 1.83. The summed E-state index contributed by atoms with van der Waals surface area (Å²) in [5.74, 6) is 0.442. The summed E-state index contributed by atoms with van der Waals surface area (Å²) in [7, 11) is 4.05. The molecule has 1 aliphatic carbocycles. The van der Waals surface area contributed by atoms with Gasteiger partial charge in [0.1, 0.15) is 0 Å². The molecule has 2 rings (SSSR count). The van der Waals surface area contributed by atoms with Gasteiger partial charge >= 0.3 is 6.03 Å². The van der Waals surface area contributed by atoms with Crippen LogP contribution < -0.4 is 10.6 Å². The summed E-state index contributed by atoms with van der Waals surface area (Å²) in [4.78, 5) is 14.1. The fraction of sp³-hybridized carbons (Fsp3) is 0.611. The van der Waals surface area contributed by atoms with Gasteiger partial charge in [-0.25, -0.2) is 4.79 Å². The number of rotatable bonds is 5. The Morgan fingerprint density at radius 1 is 1.27 bits per heavy atom. The van der Waals surface area contributed by atoms with Crippen molar-refractivity contribution in [3.63, 3.8) is 0 Å². The zero-order valence-electron chi connectivity index (χ0n) is 14.3. The average molecular weight is 303 g/mol. The minimum absolute atomic E-state index is 0.0468. The highest BCUT2D eigenvalue weighted by atomic mass is 16.2. The fourth-order valence-electron chi connectivity index (χ4n) is 2.80. The van der Waals surface area contributed by atoms with Gasteiger partial charge in [-0.3, -0.25) is 0 Å². The molecule has 0 spiro atoms. The van der Waals surface area contributed by atoms with Crippen molar-refractivity contribution in [1.29, 1.82) is 0 Å². The molecule has 0 aliphatic heterocycles. The van der Waals surface area contributed by atoms with Gasteiger partial charge in [0.2, 0.25) is 0 Å². The quantitative estimate of drug-likeness (QED) is 0.878.